The number of ether oxygens (including phenoxy) is 1. The Bertz CT molecular complexity index is 425. The fraction of sp³-hybridized carbons (Fsp3) is 0.533. The monoisotopic (exact) mass is 263 g/mol. The van der Waals surface area contributed by atoms with E-state index < -0.39 is 5.97 Å². The lowest BCUT2D eigenvalue weighted by Gasteiger charge is -2.31. The van der Waals surface area contributed by atoms with E-state index in [1.807, 2.05) is 12.1 Å². The van der Waals surface area contributed by atoms with Crippen LogP contribution < -0.4 is 0 Å². The first kappa shape index (κ1) is 14.0. The highest BCUT2D eigenvalue weighted by Crippen LogP contribution is 2.19. The summed E-state index contributed by atoms with van der Waals surface area (Å²) in [5.74, 6) is -0.188. The van der Waals surface area contributed by atoms with Crippen LogP contribution >= 0.6 is 0 Å². The highest BCUT2D eigenvalue weighted by Gasteiger charge is 2.19. The van der Waals surface area contributed by atoms with Gasteiger partial charge in [-0.1, -0.05) is 12.1 Å². The molecule has 0 radical (unpaired) electrons. The predicted octanol–water partition coefficient (Wildman–Crippen LogP) is 2.24. The fourth-order valence-electron chi connectivity index (χ4n) is 2.61. The second-order valence-corrected chi connectivity index (χ2v) is 5.18. The molecule has 2 rings (SSSR count). The van der Waals surface area contributed by atoms with E-state index in [0.717, 1.165) is 44.6 Å². The van der Waals surface area contributed by atoms with Crippen molar-refractivity contribution in [2.75, 3.05) is 26.8 Å². The summed E-state index contributed by atoms with van der Waals surface area (Å²) < 4.78 is 5.19. The number of carbonyl (C=O) groups is 1. The van der Waals surface area contributed by atoms with Crippen LogP contribution in [0.2, 0.25) is 0 Å². The Kier molecular flexibility index (Phi) is 4.93. The fourth-order valence-corrected chi connectivity index (χ4v) is 2.61. The number of carboxylic acid groups (broad SMARTS) is 1. The van der Waals surface area contributed by atoms with Gasteiger partial charge in [0.15, 0.2) is 0 Å². The molecule has 1 saturated heterocycles. The quantitative estimate of drug-likeness (QED) is 0.885. The maximum atomic E-state index is 10.9. The Hall–Kier alpha value is -1.39. The third-order valence-corrected chi connectivity index (χ3v) is 3.69. The van der Waals surface area contributed by atoms with Gasteiger partial charge in [0.25, 0.3) is 0 Å². The molecule has 0 spiro atoms. The second-order valence-electron chi connectivity index (χ2n) is 5.18. The first-order valence-corrected chi connectivity index (χ1v) is 6.72. The standard InChI is InChI=1S/C15H21NO3/c1-19-11-12-5-7-16(8-6-12)10-13-3-2-4-14(9-13)15(17)18/h2-4,9,12H,5-8,10-11H2,1H3,(H,17,18). The van der Waals surface area contributed by atoms with Crippen LogP contribution in [0.5, 0.6) is 0 Å². The van der Waals surface area contributed by atoms with Crippen molar-refractivity contribution in [3.8, 4) is 0 Å². The van der Waals surface area contributed by atoms with Gasteiger partial charge in [-0.25, -0.2) is 4.79 Å². The van der Waals surface area contributed by atoms with E-state index in [4.69, 9.17) is 9.84 Å². The zero-order valence-electron chi connectivity index (χ0n) is 11.3. The topological polar surface area (TPSA) is 49.8 Å². The molecule has 1 aliphatic rings. The molecule has 4 heteroatoms. The molecule has 0 bridgehead atoms. The highest BCUT2D eigenvalue weighted by atomic mass is 16.5. The van der Waals surface area contributed by atoms with Crippen molar-refractivity contribution in [2.45, 2.75) is 19.4 Å². The summed E-state index contributed by atoms with van der Waals surface area (Å²) >= 11 is 0. The SMILES string of the molecule is COCC1CCN(Cc2cccc(C(=O)O)c2)CC1. The Labute approximate surface area is 114 Å². The Balaban J connectivity index is 1.88. The normalized spacial score (nSPS) is 17.5. The van der Waals surface area contributed by atoms with E-state index in [1.165, 1.54) is 0 Å². The zero-order chi connectivity index (χ0) is 13.7. The summed E-state index contributed by atoms with van der Waals surface area (Å²) in [6.07, 6.45) is 2.32. The molecule has 0 saturated carbocycles. The summed E-state index contributed by atoms with van der Waals surface area (Å²) in [5, 5.41) is 8.98. The smallest absolute Gasteiger partial charge is 0.335 e. The summed E-state index contributed by atoms with van der Waals surface area (Å²) in [6, 6.07) is 7.21. The van der Waals surface area contributed by atoms with Gasteiger partial charge >= 0.3 is 5.97 Å². The lowest BCUT2D eigenvalue weighted by molar-refractivity contribution is 0.0696. The number of rotatable bonds is 5. The molecule has 0 aromatic heterocycles. The van der Waals surface area contributed by atoms with Crippen LogP contribution in [-0.2, 0) is 11.3 Å². The maximum Gasteiger partial charge on any atom is 0.335 e. The van der Waals surface area contributed by atoms with Crippen LogP contribution in [0.3, 0.4) is 0 Å². The number of likely N-dealkylation sites (tertiary alicyclic amines) is 1. The molecular formula is C15H21NO3. The number of benzene rings is 1. The summed E-state index contributed by atoms with van der Waals surface area (Å²) in [5.41, 5.74) is 1.44. The van der Waals surface area contributed by atoms with Crippen molar-refractivity contribution >= 4 is 5.97 Å². The lowest BCUT2D eigenvalue weighted by Crippen LogP contribution is -2.34. The van der Waals surface area contributed by atoms with Crippen molar-refractivity contribution in [3.05, 3.63) is 35.4 Å². The molecule has 0 amide bonds. The van der Waals surface area contributed by atoms with Crippen LogP contribution in [0, 0.1) is 5.92 Å². The first-order valence-electron chi connectivity index (χ1n) is 6.72. The molecule has 1 aromatic carbocycles. The Morgan fingerprint density at radius 3 is 2.79 bits per heavy atom. The highest BCUT2D eigenvalue weighted by molar-refractivity contribution is 5.87. The predicted molar refractivity (Wildman–Crippen MR) is 73.3 cm³/mol. The Morgan fingerprint density at radius 1 is 1.42 bits per heavy atom. The van der Waals surface area contributed by atoms with Gasteiger partial charge < -0.3 is 9.84 Å². The van der Waals surface area contributed by atoms with Gasteiger partial charge in [-0.3, -0.25) is 4.90 Å². The molecule has 1 fully saturated rings. The molecular weight excluding hydrogens is 242 g/mol. The van der Waals surface area contributed by atoms with Crippen LogP contribution in [0.15, 0.2) is 24.3 Å². The number of hydrogen-bond acceptors (Lipinski definition) is 3. The largest absolute Gasteiger partial charge is 0.478 e. The van der Waals surface area contributed by atoms with Crippen molar-refractivity contribution < 1.29 is 14.6 Å². The molecule has 4 nitrogen and oxygen atoms in total. The number of piperidine rings is 1. The van der Waals surface area contributed by atoms with Gasteiger partial charge in [-0.05, 0) is 49.5 Å². The average Bonchev–Trinajstić information content (AvgIpc) is 2.42. The van der Waals surface area contributed by atoms with Crippen molar-refractivity contribution in [1.82, 2.24) is 4.90 Å². The minimum absolute atomic E-state index is 0.367. The molecule has 1 aliphatic heterocycles. The summed E-state index contributed by atoms with van der Waals surface area (Å²) in [7, 11) is 1.75. The Morgan fingerprint density at radius 2 is 2.16 bits per heavy atom. The number of aromatic carboxylic acids is 1. The number of carboxylic acids is 1. The van der Waals surface area contributed by atoms with E-state index in [9.17, 15) is 4.79 Å². The minimum atomic E-state index is -0.861. The second kappa shape index (κ2) is 6.68. The van der Waals surface area contributed by atoms with Crippen molar-refractivity contribution in [1.29, 1.82) is 0 Å². The first-order chi connectivity index (χ1) is 9.19. The average molecular weight is 263 g/mol. The molecule has 1 N–H and O–H groups in total. The van der Waals surface area contributed by atoms with E-state index in [0.29, 0.717) is 11.5 Å². The van der Waals surface area contributed by atoms with Crippen LogP contribution in [0.1, 0.15) is 28.8 Å². The maximum absolute atomic E-state index is 10.9. The van der Waals surface area contributed by atoms with Gasteiger partial charge in [0, 0.05) is 20.3 Å². The summed E-state index contributed by atoms with van der Waals surface area (Å²) in [4.78, 5) is 13.3. The van der Waals surface area contributed by atoms with Crippen LogP contribution in [0.25, 0.3) is 0 Å². The molecule has 0 unspecified atom stereocenters. The number of methoxy groups -OCH3 is 1. The molecule has 0 atom stereocenters. The van der Waals surface area contributed by atoms with Gasteiger partial charge in [-0.15, -0.1) is 0 Å². The van der Waals surface area contributed by atoms with Crippen LogP contribution in [-0.4, -0.2) is 42.8 Å². The van der Waals surface area contributed by atoms with Crippen molar-refractivity contribution in [3.63, 3.8) is 0 Å². The van der Waals surface area contributed by atoms with Gasteiger partial charge in [-0.2, -0.15) is 0 Å². The molecule has 0 aliphatic carbocycles. The third-order valence-electron chi connectivity index (χ3n) is 3.69. The number of hydrogen-bond donors (Lipinski definition) is 1. The third kappa shape index (κ3) is 4.04. The number of nitrogens with zero attached hydrogens (tertiary/aromatic N) is 1. The van der Waals surface area contributed by atoms with Crippen LogP contribution in [0.4, 0.5) is 0 Å². The minimum Gasteiger partial charge on any atom is -0.478 e. The molecule has 19 heavy (non-hydrogen) atoms. The molecule has 1 heterocycles. The van der Waals surface area contributed by atoms with E-state index >= 15 is 0 Å². The zero-order valence-corrected chi connectivity index (χ0v) is 11.3. The van der Waals surface area contributed by atoms with E-state index in [-0.39, 0.29) is 0 Å². The van der Waals surface area contributed by atoms with E-state index in [1.54, 1.807) is 19.2 Å². The van der Waals surface area contributed by atoms with Gasteiger partial charge in [0.05, 0.1) is 5.56 Å². The lowest BCUT2D eigenvalue weighted by atomic mass is 9.97. The van der Waals surface area contributed by atoms with Gasteiger partial charge in [0.2, 0.25) is 0 Å². The van der Waals surface area contributed by atoms with Gasteiger partial charge in [0.1, 0.15) is 0 Å². The van der Waals surface area contributed by atoms with E-state index in [2.05, 4.69) is 4.90 Å². The molecule has 1 aromatic rings. The molecule has 104 valence electrons. The van der Waals surface area contributed by atoms with Crippen molar-refractivity contribution in [2.24, 2.45) is 5.92 Å². The summed E-state index contributed by atoms with van der Waals surface area (Å²) in [6.45, 7) is 3.81.